The predicted molar refractivity (Wildman–Crippen MR) is 72.3 cm³/mol. The molecule has 8 heteroatoms. The number of hydrogen-bond donors (Lipinski definition) is 0. The number of rotatable bonds is 7. The Kier molecular flexibility index (Phi) is 6.36. The van der Waals surface area contributed by atoms with E-state index in [1.54, 1.807) is 0 Å². The van der Waals surface area contributed by atoms with E-state index in [0.29, 0.717) is 0 Å². The van der Waals surface area contributed by atoms with Gasteiger partial charge in [0.05, 0.1) is 17.7 Å². The topological polar surface area (TPSA) is 70.4 Å². The maximum Gasteiger partial charge on any atom is 0.244 e. The number of nitriles is 1. The second kappa shape index (κ2) is 7.55. The minimum absolute atomic E-state index is 0.00493. The smallest absolute Gasteiger partial charge is 0.244 e. The van der Waals surface area contributed by atoms with Crippen LogP contribution in [0.15, 0.2) is 23.1 Å². The molecule has 0 aliphatic carbocycles. The summed E-state index contributed by atoms with van der Waals surface area (Å²) in [6, 6.07) is 5.00. The lowest BCUT2D eigenvalue weighted by Gasteiger charge is -2.21. The number of hydrogen-bond acceptors (Lipinski definition) is 4. The summed E-state index contributed by atoms with van der Waals surface area (Å²) in [5.74, 6) is -0.694. The largest absolute Gasteiger partial charge is 0.383 e. The first-order valence-electron chi connectivity index (χ1n) is 5.74. The van der Waals surface area contributed by atoms with E-state index in [9.17, 15) is 12.8 Å². The first-order chi connectivity index (χ1) is 9.43. The first kappa shape index (κ1) is 16.9. The van der Waals surface area contributed by atoms with Gasteiger partial charge in [-0.2, -0.15) is 9.57 Å². The highest BCUT2D eigenvalue weighted by molar-refractivity contribution is 7.89. The van der Waals surface area contributed by atoms with Crippen molar-refractivity contribution in [1.29, 1.82) is 5.26 Å². The number of sulfonamides is 1. The number of ether oxygens (including phenoxy) is 1. The molecule has 0 heterocycles. The van der Waals surface area contributed by atoms with E-state index in [-0.39, 0.29) is 36.0 Å². The summed E-state index contributed by atoms with van der Waals surface area (Å²) in [5, 5.41) is 8.52. The molecule has 0 aliphatic rings. The Morgan fingerprint density at radius 2 is 2.15 bits per heavy atom. The van der Waals surface area contributed by atoms with Gasteiger partial charge in [0.2, 0.25) is 10.0 Å². The fourth-order valence-electron chi connectivity index (χ4n) is 1.53. The fourth-order valence-corrected chi connectivity index (χ4v) is 3.44. The van der Waals surface area contributed by atoms with Crippen LogP contribution in [0.5, 0.6) is 0 Å². The number of benzene rings is 1. The normalized spacial score (nSPS) is 11.6. The van der Waals surface area contributed by atoms with Gasteiger partial charge in [0, 0.05) is 26.6 Å². The number of halogens is 2. The summed E-state index contributed by atoms with van der Waals surface area (Å²) in [6.45, 7) is 0.222. The molecule has 0 unspecified atom stereocenters. The summed E-state index contributed by atoms with van der Waals surface area (Å²) < 4.78 is 44.0. The van der Waals surface area contributed by atoms with Crippen molar-refractivity contribution in [1.82, 2.24) is 4.31 Å². The lowest BCUT2D eigenvalue weighted by Crippen LogP contribution is -2.35. The molecule has 0 fully saturated rings. The van der Waals surface area contributed by atoms with Crippen molar-refractivity contribution < 1.29 is 17.5 Å². The number of nitrogens with zero attached hydrogens (tertiary/aromatic N) is 2. The van der Waals surface area contributed by atoms with Gasteiger partial charge in [-0.3, -0.25) is 0 Å². The summed E-state index contributed by atoms with van der Waals surface area (Å²) >= 11 is 5.82. The van der Waals surface area contributed by atoms with E-state index in [2.05, 4.69) is 0 Å². The Balaban J connectivity index is 3.14. The SMILES string of the molecule is COCCN(CCC#N)S(=O)(=O)c1cc(F)ccc1Cl. The summed E-state index contributed by atoms with van der Waals surface area (Å²) in [7, 11) is -2.53. The van der Waals surface area contributed by atoms with Gasteiger partial charge in [-0.05, 0) is 18.2 Å². The van der Waals surface area contributed by atoms with Gasteiger partial charge in [0.25, 0.3) is 0 Å². The minimum atomic E-state index is -3.97. The predicted octanol–water partition coefficient (Wildman–Crippen LogP) is 2.03. The molecule has 0 bridgehead atoms. The molecule has 5 nitrogen and oxygen atoms in total. The summed E-state index contributed by atoms with van der Waals surface area (Å²) in [5.41, 5.74) is 0. The van der Waals surface area contributed by atoms with Crippen LogP contribution in [0.2, 0.25) is 5.02 Å². The third-order valence-corrected chi connectivity index (χ3v) is 4.91. The van der Waals surface area contributed by atoms with Crippen LogP contribution >= 0.6 is 11.6 Å². The van der Waals surface area contributed by atoms with Crippen LogP contribution in [0, 0.1) is 17.1 Å². The van der Waals surface area contributed by atoms with Gasteiger partial charge in [0.1, 0.15) is 10.7 Å². The molecule has 0 atom stereocenters. The molecule has 0 spiro atoms. The molecule has 1 aromatic rings. The summed E-state index contributed by atoms with van der Waals surface area (Å²) in [6.07, 6.45) is 0.0237. The van der Waals surface area contributed by atoms with E-state index in [0.717, 1.165) is 16.4 Å². The maximum absolute atomic E-state index is 13.2. The third kappa shape index (κ3) is 4.15. The van der Waals surface area contributed by atoms with Crippen LogP contribution in [-0.4, -0.2) is 39.5 Å². The van der Waals surface area contributed by atoms with Gasteiger partial charge in [-0.1, -0.05) is 11.6 Å². The van der Waals surface area contributed by atoms with Crippen molar-refractivity contribution in [3.63, 3.8) is 0 Å². The van der Waals surface area contributed by atoms with Crippen molar-refractivity contribution in [2.45, 2.75) is 11.3 Å². The van der Waals surface area contributed by atoms with Crippen LogP contribution < -0.4 is 0 Å². The van der Waals surface area contributed by atoms with Crippen molar-refractivity contribution in [3.8, 4) is 6.07 Å². The van der Waals surface area contributed by atoms with Crippen LogP contribution in [0.3, 0.4) is 0 Å². The molecule has 1 aromatic carbocycles. The standard InChI is InChI=1S/C12H14ClFN2O3S/c1-19-8-7-16(6-2-5-15)20(17,18)12-9-10(14)3-4-11(12)13/h3-4,9H,2,6-8H2,1H3. The van der Waals surface area contributed by atoms with E-state index < -0.39 is 15.8 Å². The summed E-state index contributed by atoms with van der Waals surface area (Å²) in [4.78, 5) is -0.312. The van der Waals surface area contributed by atoms with E-state index in [1.165, 1.54) is 13.2 Å². The van der Waals surface area contributed by atoms with Crippen LogP contribution in [0.4, 0.5) is 4.39 Å². The minimum Gasteiger partial charge on any atom is -0.383 e. The highest BCUT2D eigenvalue weighted by Crippen LogP contribution is 2.25. The van der Waals surface area contributed by atoms with Gasteiger partial charge in [-0.25, -0.2) is 12.8 Å². The molecule has 20 heavy (non-hydrogen) atoms. The second-order valence-electron chi connectivity index (χ2n) is 3.88. The Labute approximate surface area is 122 Å². The van der Waals surface area contributed by atoms with Crippen LogP contribution in [-0.2, 0) is 14.8 Å². The first-order valence-corrected chi connectivity index (χ1v) is 7.56. The molecule has 0 N–H and O–H groups in total. The van der Waals surface area contributed by atoms with E-state index in [1.807, 2.05) is 6.07 Å². The van der Waals surface area contributed by atoms with Gasteiger partial charge >= 0.3 is 0 Å². The van der Waals surface area contributed by atoms with Gasteiger partial charge in [-0.15, -0.1) is 0 Å². The molecule has 0 saturated carbocycles. The highest BCUT2D eigenvalue weighted by Gasteiger charge is 2.26. The monoisotopic (exact) mass is 320 g/mol. The Morgan fingerprint density at radius 3 is 2.75 bits per heavy atom. The average molecular weight is 321 g/mol. The van der Waals surface area contributed by atoms with Crippen LogP contribution in [0.1, 0.15) is 6.42 Å². The van der Waals surface area contributed by atoms with Crippen molar-refractivity contribution in [3.05, 3.63) is 29.0 Å². The zero-order valence-corrected chi connectivity index (χ0v) is 12.4. The maximum atomic E-state index is 13.2. The quantitative estimate of drug-likeness (QED) is 0.770. The molecule has 1 rings (SSSR count). The number of methoxy groups -OCH3 is 1. The average Bonchev–Trinajstić information content (AvgIpc) is 2.41. The third-order valence-electron chi connectivity index (χ3n) is 2.53. The molecule has 0 aromatic heterocycles. The van der Waals surface area contributed by atoms with Gasteiger partial charge in [0.15, 0.2) is 0 Å². The van der Waals surface area contributed by atoms with Crippen molar-refractivity contribution >= 4 is 21.6 Å². The van der Waals surface area contributed by atoms with E-state index in [4.69, 9.17) is 21.6 Å². The van der Waals surface area contributed by atoms with Gasteiger partial charge < -0.3 is 4.74 Å². The molecular formula is C12H14ClFN2O3S. The highest BCUT2D eigenvalue weighted by atomic mass is 35.5. The molecule has 110 valence electrons. The van der Waals surface area contributed by atoms with Crippen LogP contribution in [0.25, 0.3) is 0 Å². The zero-order valence-electron chi connectivity index (χ0n) is 10.8. The second-order valence-corrected chi connectivity index (χ2v) is 6.19. The molecule has 0 aliphatic heterocycles. The Hall–Kier alpha value is -1.20. The van der Waals surface area contributed by atoms with Crippen molar-refractivity contribution in [2.24, 2.45) is 0 Å². The fraction of sp³-hybridized carbons (Fsp3) is 0.417. The van der Waals surface area contributed by atoms with E-state index >= 15 is 0 Å². The van der Waals surface area contributed by atoms with Crippen molar-refractivity contribution in [2.75, 3.05) is 26.8 Å². The zero-order chi connectivity index (χ0) is 15.2. The lowest BCUT2D eigenvalue weighted by molar-refractivity contribution is 0.179. The molecule has 0 saturated heterocycles. The molecular weight excluding hydrogens is 307 g/mol. The molecule has 0 amide bonds. The Morgan fingerprint density at radius 1 is 1.45 bits per heavy atom. The molecule has 0 radical (unpaired) electrons. The Bertz CT molecular complexity index is 601. The lowest BCUT2D eigenvalue weighted by atomic mass is 10.3.